The largest absolute Gasteiger partial charge is 0.497 e. The molecule has 0 unspecified atom stereocenters. The number of fused-ring (bicyclic) bond motifs is 1. The van der Waals surface area contributed by atoms with E-state index in [-0.39, 0.29) is 19.1 Å². The molecule has 0 atom stereocenters. The summed E-state index contributed by atoms with van der Waals surface area (Å²) in [5.41, 5.74) is 5.73. The second-order valence-electron chi connectivity index (χ2n) is 7.03. The molecule has 1 N–H and O–H groups in total. The first kappa shape index (κ1) is 19.2. The molecule has 4 rings (SSSR count). The predicted octanol–water partition coefficient (Wildman–Crippen LogP) is 3.92. The molecule has 0 radical (unpaired) electrons. The summed E-state index contributed by atoms with van der Waals surface area (Å²) in [6.45, 7) is 0.883. The highest BCUT2D eigenvalue weighted by molar-refractivity contribution is 5.96. The van der Waals surface area contributed by atoms with Gasteiger partial charge in [-0.3, -0.25) is 4.79 Å². The molecule has 5 heteroatoms. The molecule has 0 saturated heterocycles. The topological polar surface area (TPSA) is 59.0 Å². The molecule has 1 aliphatic heterocycles. The van der Waals surface area contributed by atoms with Crippen LogP contribution < -0.4 is 9.64 Å². The fourth-order valence-electron chi connectivity index (χ4n) is 3.58. The number of ether oxygens (including phenoxy) is 2. The maximum Gasteiger partial charge on any atom is 0.253 e. The van der Waals surface area contributed by atoms with Crippen molar-refractivity contribution in [3.8, 4) is 16.9 Å². The number of aliphatic hydroxyl groups excluding tert-OH is 1. The first-order chi connectivity index (χ1) is 14.2. The molecule has 0 fully saturated rings. The van der Waals surface area contributed by atoms with E-state index >= 15 is 0 Å². The number of aliphatic hydroxyl groups is 1. The van der Waals surface area contributed by atoms with Gasteiger partial charge in [-0.15, -0.1) is 0 Å². The van der Waals surface area contributed by atoms with Gasteiger partial charge in [0.25, 0.3) is 5.91 Å². The number of carbonyl (C=O) groups is 1. The van der Waals surface area contributed by atoms with Crippen LogP contribution in [-0.2, 0) is 29.3 Å². The smallest absolute Gasteiger partial charge is 0.253 e. The van der Waals surface area contributed by atoms with E-state index in [0.29, 0.717) is 13.2 Å². The van der Waals surface area contributed by atoms with Gasteiger partial charge in [0.1, 0.15) is 12.4 Å². The molecule has 3 aromatic rings. The average molecular weight is 389 g/mol. The van der Waals surface area contributed by atoms with E-state index in [0.717, 1.165) is 39.3 Å². The van der Waals surface area contributed by atoms with Crippen molar-refractivity contribution in [3.63, 3.8) is 0 Å². The number of nitrogens with zero attached hydrogens (tertiary/aromatic N) is 1. The minimum Gasteiger partial charge on any atom is -0.497 e. The van der Waals surface area contributed by atoms with Gasteiger partial charge in [-0.2, -0.15) is 0 Å². The van der Waals surface area contributed by atoms with E-state index in [4.69, 9.17) is 9.47 Å². The molecule has 148 valence electrons. The fourth-order valence-corrected chi connectivity index (χ4v) is 3.58. The SMILES string of the molecule is COc1cccc(CN2C(=O)COCc3cc(-c4cccc(CO)c4)ccc32)c1. The van der Waals surface area contributed by atoms with Crippen LogP contribution in [0, 0.1) is 0 Å². The minimum absolute atomic E-state index is 0.00467. The van der Waals surface area contributed by atoms with Gasteiger partial charge < -0.3 is 19.5 Å². The third-order valence-corrected chi connectivity index (χ3v) is 5.07. The Kier molecular flexibility index (Phi) is 5.60. The van der Waals surface area contributed by atoms with Crippen LogP contribution in [-0.4, -0.2) is 24.7 Å². The van der Waals surface area contributed by atoms with Gasteiger partial charge in [0, 0.05) is 11.3 Å². The molecule has 3 aromatic carbocycles. The van der Waals surface area contributed by atoms with E-state index in [2.05, 4.69) is 6.07 Å². The number of hydrogen-bond acceptors (Lipinski definition) is 4. The zero-order valence-electron chi connectivity index (χ0n) is 16.3. The highest BCUT2D eigenvalue weighted by Crippen LogP contribution is 2.31. The third kappa shape index (κ3) is 4.16. The minimum atomic E-state index is -0.0680. The summed E-state index contributed by atoms with van der Waals surface area (Å²) < 4.78 is 10.9. The van der Waals surface area contributed by atoms with Crippen LogP contribution >= 0.6 is 0 Å². The van der Waals surface area contributed by atoms with Crippen molar-refractivity contribution < 1.29 is 19.4 Å². The Morgan fingerprint density at radius 1 is 0.966 bits per heavy atom. The predicted molar refractivity (Wildman–Crippen MR) is 112 cm³/mol. The molecule has 0 saturated carbocycles. The summed E-state index contributed by atoms with van der Waals surface area (Å²) in [6, 6.07) is 21.6. The van der Waals surface area contributed by atoms with Crippen LogP contribution in [0.1, 0.15) is 16.7 Å². The van der Waals surface area contributed by atoms with Crippen LogP contribution in [0.5, 0.6) is 5.75 Å². The first-order valence-corrected chi connectivity index (χ1v) is 9.52. The van der Waals surface area contributed by atoms with Gasteiger partial charge in [0.15, 0.2) is 0 Å². The van der Waals surface area contributed by atoms with Crippen molar-refractivity contribution in [1.82, 2.24) is 0 Å². The second kappa shape index (κ2) is 8.47. The first-order valence-electron chi connectivity index (χ1n) is 9.52. The molecular weight excluding hydrogens is 366 g/mol. The van der Waals surface area contributed by atoms with E-state index in [1.807, 2.05) is 60.7 Å². The Bertz CT molecular complexity index is 1030. The summed E-state index contributed by atoms with van der Waals surface area (Å²) in [5, 5.41) is 9.41. The molecule has 0 aromatic heterocycles. The van der Waals surface area contributed by atoms with Gasteiger partial charge in [0.05, 0.1) is 26.9 Å². The summed E-state index contributed by atoms with van der Waals surface area (Å²) in [5.74, 6) is 0.696. The summed E-state index contributed by atoms with van der Waals surface area (Å²) in [6.07, 6.45) is 0. The fraction of sp³-hybridized carbons (Fsp3) is 0.208. The van der Waals surface area contributed by atoms with Crippen molar-refractivity contribution in [2.45, 2.75) is 19.8 Å². The van der Waals surface area contributed by atoms with E-state index < -0.39 is 0 Å². The molecule has 0 bridgehead atoms. The normalized spacial score (nSPS) is 13.7. The number of benzene rings is 3. The second-order valence-corrected chi connectivity index (χ2v) is 7.03. The molecular formula is C24H23NO4. The Balaban J connectivity index is 1.69. The molecule has 0 aliphatic carbocycles. The molecule has 1 heterocycles. The van der Waals surface area contributed by atoms with Crippen molar-refractivity contribution in [2.24, 2.45) is 0 Å². The average Bonchev–Trinajstić information content (AvgIpc) is 2.92. The van der Waals surface area contributed by atoms with Gasteiger partial charge in [-0.1, -0.05) is 36.4 Å². The van der Waals surface area contributed by atoms with Gasteiger partial charge in [0.2, 0.25) is 0 Å². The van der Waals surface area contributed by atoms with Crippen LogP contribution in [0.25, 0.3) is 11.1 Å². The Morgan fingerprint density at radius 3 is 2.59 bits per heavy atom. The lowest BCUT2D eigenvalue weighted by Gasteiger charge is -2.23. The quantitative estimate of drug-likeness (QED) is 0.719. The zero-order chi connectivity index (χ0) is 20.2. The van der Waals surface area contributed by atoms with E-state index in [1.165, 1.54) is 0 Å². The van der Waals surface area contributed by atoms with Gasteiger partial charge in [-0.05, 0) is 52.6 Å². The van der Waals surface area contributed by atoms with Gasteiger partial charge in [-0.25, -0.2) is 0 Å². The van der Waals surface area contributed by atoms with Crippen LogP contribution in [0.4, 0.5) is 5.69 Å². The molecule has 5 nitrogen and oxygen atoms in total. The molecule has 1 amide bonds. The Hall–Kier alpha value is -3.15. The molecule has 29 heavy (non-hydrogen) atoms. The molecule has 0 spiro atoms. The highest BCUT2D eigenvalue weighted by Gasteiger charge is 2.23. The van der Waals surface area contributed by atoms with Crippen molar-refractivity contribution in [3.05, 3.63) is 83.4 Å². The maximum atomic E-state index is 12.7. The van der Waals surface area contributed by atoms with Gasteiger partial charge >= 0.3 is 0 Å². The monoisotopic (exact) mass is 389 g/mol. The summed E-state index contributed by atoms with van der Waals surface area (Å²) in [4.78, 5) is 14.5. The number of rotatable bonds is 5. The van der Waals surface area contributed by atoms with Crippen molar-refractivity contribution in [1.29, 1.82) is 0 Å². The number of anilines is 1. The Labute approximate surface area is 170 Å². The lowest BCUT2D eigenvalue weighted by molar-refractivity contribution is -0.123. The van der Waals surface area contributed by atoms with Crippen molar-refractivity contribution in [2.75, 3.05) is 18.6 Å². The number of hydrogen-bond donors (Lipinski definition) is 1. The summed E-state index contributed by atoms with van der Waals surface area (Å²) >= 11 is 0. The third-order valence-electron chi connectivity index (χ3n) is 5.07. The van der Waals surface area contributed by atoms with Crippen LogP contribution in [0.3, 0.4) is 0 Å². The zero-order valence-corrected chi connectivity index (χ0v) is 16.3. The standard InChI is InChI=1S/C24H23NO4/c1-28-22-7-3-4-17(11-22)13-25-23-9-8-20(12-21(23)15-29-16-24(25)27)19-6-2-5-18(10-19)14-26/h2-12,26H,13-16H2,1H3. The van der Waals surface area contributed by atoms with Crippen LogP contribution in [0.2, 0.25) is 0 Å². The van der Waals surface area contributed by atoms with Crippen molar-refractivity contribution >= 4 is 11.6 Å². The lowest BCUT2D eigenvalue weighted by Crippen LogP contribution is -2.32. The number of amides is 1. The van der Waals surface area contributed by atoms with E-state index in [9.17, 15) is 9.90 Å². The Morgan fingerprint density at radius 2 is 1.76 bits per heavy atom. The number of methoxy groups -OCH3 is 1. The maximum absolute atomic E-state index is 12.7. The van der Waals surface area contributed by atoms with E-state index in [1.54, 1.807) is 12.0 Å². The highest BCUT2D eigenvalue weighted by atomic mass is 16.5. The van der Waals surface area contributed by atoms with Crippen LogP contribution in [0.15, 0.2) is 66.7 Å². The summed E-state index contributed by atoms with van der Waals surface area (Å²) in [7, 11) is 1.63. The number of carbonyl (C=O) groups excluding carboxylic acids is 1. The lowest BCUT2D eigenvalue weighted by atomic mass is 10.00. The molecule has 1 aliphatic rings.